The number of rotatable bonds is 4. The van der Waals surface area contributed by atoms with Crippen molar-refractivity contribution in [1.82, 2.24) is 0 Å². The summed E-state index contributed by atoms with van der Waals surface area (Å²) in [6.45, 7) is 8.18. The molecule has 0 aliphatic carbocycles. The highest BCUT2D eigenvalue weighted by atomic mass is 15.3. The Labute approximate surface area is 185 Å². The normalized spacial score (nSPS) is 17.2. The van der Waals surface area contributed by atoms with Gasteiger partial charge in [-0.1, -0.05) is 36.4 Å². The summed E-state index contributed by atoms with van der Waals surface area (Å²) in [5.74, 6) is 0. The molecule has 0 unspecified atom stereocenters. The highest BCUT2D eigenvalue weighted by Gasteiger charge is 2.21. The van der Waals surface area contributed by atoms with E-state index in [0.717, 1.165) is 58.0 Å². The Morgan fingerprint density at radius 3 is 1.10 bits per heavy atom. The lowest BCUT2D eigenvalue weighted by Gasteiger charge is -2.39. The molecule has 160 valence electrons. The van der Waals surface area contributed by atoms with Crippen molar-refractivity contribution in [3.05, 3.63) is 78.9 Å². The van der Waals surface area contributed by atoms with Gasteiger partial charge in [0.25, 0.3) is 0 Å². The van der Waals surface area contributed by atoms with Crippen LogP contribution in [0.25, 0.3) is 0 Å². The molecule has 0 atom stereocenters. The van der Waals surface area contributed by atoms with E-state index in [4.69, 9.17) is 5.73 Å². The van der Waals surface area contributed by atoms with Crippen LogP contribution in [0.1, 0.15) is 0 Å². The minimum absolute atomic E-state index is 0.850. The SMILES string of the molecule is Nc1cc(N2CCN(c3ccccc3)CC2)cc(N2CCN(c3ccccc3)CC2)c1. The van der Waals surface area contributed by atoms with Crippen LogP contribution in [0.4, 0.5) is 28.4 Å². The summed E-state index contributed by atoms with van der Waals surface area (Å²) >= 11 is 0. The molecule has 5 nitrogen and oxygen atoms in total. The summed E-state index contributed by atoms with van der Waals surface area (Å²) in [6, 6.07) is 28.0. The van der Waals surface area contributed by atoms with Crippen molar-refractivity contribution in [3.8, 4) is 0 Å². The lowest BCUT2D eigenvalue weighted by atomic mass is 10.1. The van der Waals surface area contributed by atoms with Crippen LogP contribution in [-0.2, 0) is 0 Å². The number of anilines is 5. The van der Waals surface area contributed by atoms with Crippen molar-refractivity contribution >= 4 is 28.4 Å². The second-order valence-corrected chi connectivity index (χ2v) is 8.40. The third-order valence-electron chi connectivity index (χ3n) is 6.46. The molecule has 31 heavy (non-hydrogen) atoms. The summed E-state index contributed by atoms with van der Waals surface area (Å²) in [4.78, 5) is 9.87. The molecule has 5 heteroatoms. The zero-order valence-corrected chi connectivity index (χ0v) is 18.0. The largest absolute Gasteiger partial charge is 0.399 e. The average Bonchev–Trinajstić information content (AvgIpc) is 2.85. The van der Waals surface area contributed by atoms with Crippen LogP contribution in [0.2, 0.25) is 0 Å². The van der Waals surface area contributed by atoms with Crippen LogP contribution in [0.15, 0.2) is 78.9 Å². The minimum atomic E-state index is 0.850. The minimum Gasteiger partial charge on any atom is -0.399 e. The van der Waals surface area contributed by atoms with Crippen LogP contribution < -0.4 is 25.3 Å². The molecule has 2 fully saturated rings. The van der Waals surface area contributed by atoms with Crippen molar-refractivity contribution in [1.29, 1.82) is 0 Å². The molecule has 0 amide bonds. The predicted octanol–water partition coefficient (Wildman–Crippen LogP) is 3.92. The Hall–Kier alpha value is -3.34. The van der Waals surface area contributed by atoms with Gasteiger partial charge in [-0.3, -0.25) is 0 Å². The van der Waals surface area contributed by atoms with Gasteiger partial charge in [-0.05, 0) is 42.5 Å². The van der Waals surface area contributed by atoms with Gasteiger partial charge < -0.3 is 25.3 Å². The second kappa shape index (κ2) is 8.80. The third kappa shape index (κ3) is 4.41. The number of hydrogen-bond acceptors (Lipinski definition) is 5. The van der Waals surface area contributed by atoms with Gasteiger partial charge >= 0.3 is 0 Å². The number of benzene rings is 3. The molecule has 3 aromatic rings. The van der Waals surface area contributed by atoms with E-state index < -0.39 is 0 Å². The van der Waals surface area contributed by atoms with Gasteiger partial charge in [0.15, 0.2) is 0 Å². The van der Waals surface area contributed by atoms with Crippen LogP contribution in [-0.4, -0.2) is 52.4 Å². The topological polar surface area (TPSA) is 39.0 Å². The standard InChI is InChI=1S/C26H31N5/c27-22-19-25(30-15-11-28(12-16-30)23-7-3-1-4-8-23)21-26(20-22)31-17-13-29(14-18-31)24-9-5-2-6-10-24/h1-10,19-21H,11-18,27H2. The number of nitrogens with zero attached hydrogens (tertiary/aromatic N) is 4. The van der Waals surface area contributed by atoms with Gasteiger partial charge in [-0.25, -0.2) is 0 Å². The van der Waals surface area contributed by atoms with Crippen molar-refractivity contribution in [2.75, 3.05) is 77.7 Å². The Balaban J connectivity index is 1.24. The second-order valence-electron chi connectivity index (χ2n) is 8.40. The van der Waals surface area contributed by atoms with Crippen molar-refractivity contribution in [2.45, 2.75) is 0 Å². The maximum Gasteiger partial charge on any atom is 0.0408 e. The maximum atomic E-state index is 6.34. The predicted molar refractivity (Wildman–Crippen MR) is 133 cm³/mol. The van der Waals surface area contributed by atoms with E-state index in [1.807, 2.05) is 0 Å². The zero-order valence-electron chi connectivity index (χ0n) is 18.0. The van der Waals surface area contributed by atoms with Gasteiger partial charge in [-0.15, -0.1) is 0 Å². The number of para-hydroxylation sites is 2. The number of piperazine rings is 2. The van der Waals surface area contributed by atoms with Gasteiger partial charge in [0.2, 0.25) is 0 Å². The zero-order chi connectivity index (χ0) is 21.0. The molecule has 0 radical (unpaired) electrons. The van der Waals surface area contributed by atoms with Crippen molar-refractivity contribution in [3.63, 3.8) is 0 Å². The van der Waals surface area contributed by atoms with E-state index in [0.29, 0.717) is 0 Å². The molecule has 3 aromatic carbocycles. The van der Waals surface area contributed by atoms with Gasteiger partial charge in [0, 0.05) is 80.8 Å². The first-order valence-corrected chi connectivity index (χ1v) is 11.3. The van der Waals surface area contributed by atoms with Crippen molar-refractivity contribution < 1.29 is 0 Å². The highest BCUT2D eigenvalue weighted by molar-refractivity contribution is 5.68. The van der Waals surface area contributed by atoms with Crippen LogP contribution in [0.3, 0.4) is 0 Å². The Morgan fingerprint density at radius 1 is 0.419 bits per heavy atom. The molecule has 0 aromatic heterocycles. The lowest BCUT2D eigenvalue weighted by Crippen LogP contribution is -2.47. The van der Waals surface area contributed by atoms with Gasteiger partial charge in [0.05, 0.1) is 0 Å². The fourth-order valence-corrected chi connectivity index (χ4v) is 4.71. The first kappa shape index (κ1) is 19.6. The van der Waals surface area contributed by atoms with Crippen molar-refractivity contribution in [2.24, 2.45) is 0 Å². The van der Waals surface area contributed by atoms with Gasteiger partial charge in [-0.2, -0.15) is 0 Å². The van der Waals surface area contributed by atoms with Crippen LogP contribution in [0, 0.1) is 0 Å². The molecule has 2 aliphatic heterocycles. The van der Waals surface area contributed by atoms with E-state index in [9.17, 15) is 0 Å². The Kier molecular flexibility index (Phi) is 5.57. The monoisotopic (exact) mass is 413 g/mol. The van der Waals surface area contributed by atoms with E-state index in [2.05, 4.69) is 98.5 Å². The van der Waals surface area contributed by atoms with E-state index in [1.54, 1.807) is 0 Å². The average molecular weight is 414 g/mol. The Bertz CT molecular complexity index is 897. The van der Waals surface area contributed by atoms with Crippen LogP contribution in [0.5, 0.6) is 0 Å². The fourth-order valence-electron chi connectivity index (χ4n) is 4.71. The Morgan fingerprint density at radius 2 is 0.742 bits per heavy atom. The fraction of sp³-hybridized carbons (Fsp3) is 0.308. The summed E-state index contributed by atoms with van der Waals surface area (Å²) in [5, 5.41) is 0. The van der Waals surface area contributed by atoms with Gasteiger partial charge in [0.1, 0.15) is 0 Å². The molecule has 0 spiro atoms. The summed E-state index contributed by atoms with van der Waals surface area (Å²) in [7, 11) is 0. The molecule has 0 bridgehead atoms. The van der Waals surface area contributed by atoms with Crippen LogP contribution >= 0.6 is 0 Å². The third-order valence-corrected chi connectivity index (χ3v) is 6.46. The molecule has 0 saturated carbocycles. The molecule has 5 rings (SSSR count). The molecule has 2 N–H and O–H groups in total. The molecular formula is C26H31N5. The molecular weight excluding hydrogens is 382 g/mol. The summed E-state index contributed by atoms with van der Waals surface area (Å²) < 4.78 is 0. The smallest absolute Gasteiger partial charge is 0.0408 e. The number of nitrogen functional groups attached to an aromatic ring is 1. The maximum absolute atomic E-state index is 6.34. The van der Waals surface area contributed by atoms with E-state index in [-0.39, 0.29) is 0 Å². The molecule has 2 aliphatic rings. The number of nitrogens with two attached hydrogens (primary N) is 1. The molecule has 2 heterocycles. The molecule has 2 saturated heterocycles. The van der Waals surface area contributed by atoms with E-state index >= 15 is 0 Å². The summed E-state index contributed by atoms with van der Waals surface area (Å²) in [5.41, 5.74) is 12.3. The number of hydrogen-bond donors (Lipinski definition) is 1. The quantitative estimate of drug-likeness (QED) is 0.657. The highest BCUT2D eigenvalue weighted by Crippen LogP contribution is 2.29. The first-order chi connectivity index (χ1) is 15.3. The van der Waals surface area contributed by atoms with E-state index in [1.165, 1.54) is 22.7 Å². The first-order valence-electron chi connectivity index (χ1n) is 11.3. The lowest BCUT2D eigenvalue weighted by molar-refractivity contribution is 0.648. The summed E-state index contributed by atoms with van der Waals surface area (Å²) in [6.07, 6.45) is 0.